The van der Waals surface area contributed by atoms with E-state index in [0.29, 0.717) is 25.2 Å². The molecule has 146 valence electrons. The van der Waals surface area contributed by atoms with Crippen molar-refractivity contribution in [1.29, 1.82) is 0 Å². The number of hydrogen-bond donors (Lipinski definition) is 1. The highest BCUT2D eigenvalue weighted by Crippen LogP contribution is 2.34. The first kappa shape index (κ1) is 21.3. The quantitative estimate of drug-likeness (QED) is 0.580. The van der Waals surface area contributed by atoms with Crippen LogP contribution < -0.4 is 5.73 Å². The first-order chi connectivity index (χ1) is 12.4. The van der Waals surface area contributed by atoms with Gasteiger partial charge in [0.15, 0.2) is 0 Å². The molecule has 0 aromatic heterocycles. The van der Waals surface area contributed by atoms with Crippen molar-refractivity contribution >= 4 is 28.1 Å². The fourth-order valence-electron chi connectivity index (χ4n) is 3.39. The minimum Gasteiger partial charge on any atom is -0.330 e. The maximum atomic E-state index is 12.8. The van der Waals surface area contributed by atoms with Crippen molar-refractivity contribution in [2.75, 3.05) is 19.6 Å². The molecule has 7 nitrogen and oxygen atoms in total. The summed E-state index contributed by atoms with van der Waals surface area (Å²) in [5.74, 6) is -0.0269. The van der Waals surface area contributed by atoms with Crippen molar-refractivity contribution in [2.24, 2.45) is 11.7 Å². The highest BCUT2D eigenvalue weighted by atomic mass is 35.5. The predicted molar refractivity (Wildman–Crippen MR) is 106 cm³/mol. The fraction of sp³-hybridized carbons (Fsp3) is 0.333. The van der Waals surface area contributed by atoms with Gasteiger partial charge in [0, 0.05) is 31.1 Å². The maximum Gasteiger partial charge on any atom is 0.269 e. The van der Waals surface area contributed by atoms with E-state index in [9.17, 15) is 18.5 Å². The number of nitrogens with zero attached hydrogens (tertiary/aromatic N) is 2. The maximum absolute atomic E-state index is 12.8. The number of rotatable bonds is 6. The molecule has 0 aliphatic carbocycles. The molecule has 1 saturated heterocycles. The van der Waals surface area contributed by atoms with Crippen LogP contribution >= 0.6 is 12.4 Å². The summed E-state index contributed by atoms with van der Waals surface area (Å²) in [4.78, 5) is 10.2. The van der Waals surface area contributed by atoms with E-state index in [4.69, 9.17) is 5.73 Å². The van der Waals surface area contributed by atoms with Gasteiger partial charge in [0.25, 0.3) is 5.69 Å². The Morgan fingerprint density at radius 2 is 1.70 bits per heavy atom. The van der Waals surface area contributed by atoms with Crippen LogP contribution in [-0.2, 0) is 15.8 Å². The second-order valence-electron chi connectivity index (χ2n) is 6.51. The number of nitro groups is 1. The SMILES string of the molecule is Cl.NC[C@@H]1CN(S(=O)(=O)Cc2ccc([N+](=O)[O-])cc2)C[C@H]1c1ccccc1. The summed E-state index contributed by atoms with van der Waals surface area (Å²) >= 11 is 0. The van der Waals surface area contributed by atoms with Crippen LogP contribution in [0, 0.1) is 16.0 Å². The number of nitrogens with two attached hydrogens (primary N) is 1. The molecule has 0 saturated carbocycles. The molecular formula is C18H22ClN3O4S. The third-order valence-electron chi connectivity index (χ3n) is 4.83. The Bertz CT molecular complexity index is 875. The Labute approximate surface area is 164 Å². The van der Waals surface area contributed by atoms with Crippen molar-refractivity contribution in [2.45, 2.75) is 11.7 Å². The van der Waals surface area contributed by atoms with Crippen molar-refractivity contribution in [3.63, 3.8) is 0 Å². The molecule has 1 fully saturated rings. The standard InChI is InChI=1S/C18H21N3O4S.ClH/c19-10-16-11-20(12-18(16)15-4-2-1-3-5-15)26(24,25)13-14-6-8-17(9-7-14)21(22)23;/h1-9,16,18H,10-13,19H2;1H/t16-,18+;/m1./s1. The average Bonchev–Trinajstić information content (AvgIpc) is 3.08. The summed E-state index contributed by atoms with van der Waals surface area (Å²) in [6.45, 7) is 1.22. The van der Waals surface area contributed by atoms with E-state index in [1.165, 1.54) is 28.6 Å². The lowest BCUT2D eigenvalue weighted by molar-refractivity contribution is -0.384. The van der Waals surface area contributed by atoms with Gasteiger partial charge >= 0.3 is 0 Å². The number of sulfonamides is 1. The van der Waals surface area contributed by atoms with Gasteiger partial charge in [-0.2, -0.15) is 0 Å². The van der Waals surface area contributed by atoms with Crippen LogP contribution in [0.1, 0.15) is 17.0 Å². The molecule has 0 radical (unpaired) electrons. The van der Waals surface area contributed by atoms with Crippen LogP contribution in [0.4, 0.5) is 5.69 Å². The van der Waals surface area contributed by atoms with Crippen LogP contribution in [0.25, 0.3) is 0 Å². The first-order valence-electron chi connectivity index (χ1n) is 8.37. The summed E-state index contributed by atoms with van der Waals surface area (Å²) in [6, 6.07) is 15.4. The Morgan fingerprint density at radius 3 is 2.26 bits per heavy atom. The minimum atomic E-state index is -3.52. The highest BCUT2D eigenvalue weighted by Gasteiger charge is 2.38. The van der Waals surface area contributed by atoms with Crippen molar-refractivity contribution in [3.8, 4) is 0 Å². The summed E-state index contributed by atoms with van der Waals surface area (Å²) < 4.78 is 27.1. The van der Waals surface area contributed by atoms with E-state index in [1.807, 2.05) is 30.3 Å². The molecule has 0 amide bonds. The van der Waals surface area contributed by atoms with Crippen LogP contribution in [0.2, 0.25) is 0 Å². The second-order valence-corrected chi connectivity index (χ2v) is 8.48. The first-order valence-corrected chi connectivity index (χ1v) is 9.98. The van der Waals surface area contributed by atoms with Gasteiger partial charge in [-0.3, -0.25) is 10.1 Å². The van der Waals surface area contributed by atoms with Crippen molar-refractivity contribution in [3.05, 3.63) is 75.8 Å². The Hall–Kier alpha value is -2.00. The smallest absolute Gasteiger partial charge is 0.269 e. The second kappa shape index (κ2) is 8.79. The molecule has 0 spiro atoms. The normalized spacial score (nSPS) is 20.2. The van der Waals surface area contributed by atoms with Gasteiger partial charge in [-0.15, -0.1) is 12.4 Å². The van der Waals surface area contributed by atoms with Gasteiger partial charge < -0.3 is 5.73 Å². The van der Waals surface area contributed by atoms with Crippen LogP contribution in [0.5, 0.6) is 0 Å². The largest absolute Gasteiger partial charge is 0.330 e. The zero-order chi connectivity index (χ0) is 18.7. The van der Waals surface area contributed by atoms with Gasteiger partial charge in [-0.05, 0) is 23.6 Å². The monoisotopic (exact) mass is 411 g/mol. The van der Waals surface area contributed by atoms with E-state index >= 15 is 0 Å². The Balaban J connectivity index is 0.00000261. The summed E-state index contributed by atoms with van der Waals surface area (Å²) in [5, 5.41) is 10.7. The fourth-order valence-corrected chi connectivity index (χ4v) is 4.99. The summed E-state index contributed by atoms with van der Waals surface area (Å²) in [7, 11) is -3.52. The third-order valence-corrected chi connectivity index (χ3v) is 6.61. The van der Waals surface area contributed by atoms with Crippen LogP contribution in [0.3, 0.4) is 0 Å². The molecule has 0 unspecified atom stereocenters. The molecule has 2 atom stereocenters. The molecular weight excluding hydrogens is 390 g/mol. The minimum absolute atomic E-state index is 0. The number of benzene rings is 2. The van der Waals surface area contributed by atoms with E-state index in [2.05, 4.69) is 0 Å². The zero-order valence-electron chi connectivity index (χ0n) is 14.6. The molecule has 1 aliphatic heterocycles. The molecule has 9 heteroatoms. The lowest BCUT2D eigenvalue weighted by atomic mass is 9.89. The number of halogens is 1. The van der Waals surface area contributed by atoms with Gasteiger partial charge in [0.1, 0.15) is 0 Å². The van der Waals surface area contributed by atoms with Crippen LogP contribution in [0.15, 0.2) is 54.6 Å². The Kier molecular flexibility index (Phi) is 6.94. The third kappa shape index (κ3) is 4.84. The molecule has 2 aromatic carbocycles. The molecule has 2 aromatic rings. The van der Waals surface area contributed by atoms with Gasteiger partial charge in [-0.1, -0.05) is 42.5 Å². The van der Waals surface area contributed by atoms with E-state index in [0.717, 1.165) is 5.56 Å². The number of nitro benzene ring substituents is 1. The molecule has 1 heterocycles. The van der Waals surface area contributed by atoms with Gasteiger partial charge in [0.05, 0.1) is 10.7 Å². The molecule has 27 heavy (non-hydrogen) atoms. The van der Waals surface area contributed by atoms with Crippen molar-refractivity contribution < 1.29 is 13.3 Å². The van der Waals surface area contributed by atoms with E-state index < -0.39 is 14.9 Å². The van der Waals surface area contributed by atoms with Crippen molar-refractivity contribution in [1.82, 2.24) is 4.31 Å². The average molecular weight is 412 g/mol. The summed E-state index contributed by atoms with van der Waals surface area (Å²) in [5.41, 5.74) is 7.45. The number of non-ortho nitro benzene ring substituents is 1. The number of hydrogen-bond acceptors (Lipinski definition) is 5. The highest BCUT2D eigenvalue weighted by molar-refractivity contribution is 7.88. The lowest BCUT2D eigenvalue weighted by Crippen LogP contribution is -2.31. The molecule has 2 N–H and O–H groups in total. The summed E-state index contributed by atoms with van der Waals surface area (Å²) in [6.07, 6.45) is 0. The van der Waals surface area contributed by atoms with Crippen LogP contribution in [-0.4, -0.2) is 37.3 Å². The van der Waals surface area contributed by atoms with E-state index in [-0.39, 0.29) is 35.7 Å². The lowest BCUT2D eigenvalue weighted by Gasteiger charge is -2.17. The Morgan fingerprint density at radius 1 is 1.07 bits per heavy atom. The predicted octanol–water partition coefficient (Wildman–Crippen LogP) is 2.52. The van der Waals surface area contributed by atoms with Gasteiger partial charge in [-0.25, -0.2) is 12.7 Å². The topological polar surface area (TPSA) is 107 Å². The molecule has 3 rings (SSSR count). The van der Waals surface area contributed by atoms with Gasteiger partial charge in [0.2, 0.25) is 10.0 Å². The molecule has 1 aliphatic rings. The molecule has 0 bridgehead atoms. The van der Waals surface area contributed by atoms with E-state index in [1.54, 1.807) is 0 Å². The zero-order valence-corrected chi connectivity index (χ0v) is 16.2.